The first-order valence-electron chi connectivity index (χ1n) is 15.5. The zero-order valence-electron chi connectivity index (χ0n) is 23.8. The van der Waals surface area contributed by atoms with Gasteiger partial charge in [-0.15, -0.1) is 0 Å². The van der Waals surface area contributed by atoms with Gasteiger partial charge in [-0.1, -0.05) is 79.9 Å². The Morgan fingerprint density at radius 3 is 2.27 bits per heavy atom. The van der Waals surface area contributed by atoms with Crippen LogP contribution in [0.15, 0.2) is 66.9 Å². The first-order chi connectivity index (χ1) is 20.1. The predicted octanol–water partition coefficient (Wildman–Crippen LogP) is 5.57. The molecule has 1 saturated carbocycles. The number of carbonyl (C=O) groups is 2. The molecule has 0 spiro atoms. The van der Waals surface area contributed by atoms with E-state index < -0.39 is 5.97 Å². The molecule has 0 amide bonds. The van der Waals surface area contributed by atoms with E-state index in [1.807, 2.05) is 30.3 Å². The minimum Gasteiger partial charge on any atom is -0.480 e. The van der Waals surface area contributed by atoms with Gasteiger partial charge in [-0.3, -0.25) is 19.6 Å². The van der Waals surface area contributed by atoms with E-state index in [0.29, 0.717) is 23.0 Å². The molecule has 0 radical (unpaired) electrons. The van der Waals surface area contributed by atoms with Crippen molar-refractivity contribution >= 4 is 11.8 Å². The molecule has 2 saturated heterocycles. The van der Waals surface area contributed by atoms with E-state index >= 15 is 0 Å². The molecule has 7 heteroatoms. The molecule has 0 bridgehead atoms. The van der Waals surface area contributed by atoms with Crippen LogP contribution < -0.4 is 0 Å². The van der Waals surface area contributed by atoms with Crippen molar-refractivity contribution in [2.45, 2.75) is 62.8 Å². The van der Waals surface area contributed by atoms with Crippen molar-refractivity contribution < 1.29 is 14.7 Å². The molecule has 3 atom stereocenters. The zero-order chi connectivity index (χ0) is 28.2. The van der Waals surface area contributed by atoms with Crippen LogP contribution in [-0.2, 0) is 4.79 Å². The van der Waals surface area contributed by atoms with E-state index in [1.54, 1.807) is 6.20 Å². The van der Waals surface area contributed by atoms with Crippen LogP contribution in [0.1, 0.15) is 84.0 Å². The van der Waals surface area contributed by atoms with Crippen LogP contribution in [0.3, 0.4) is 0 Å². The largest absolute Gasteiger partial charge is 0.480 e. The Labute approximate surface area is 242 Å². The standard InChI is InChI=1S/C34H42N4O3/c39-33(27-14-8-3-9-15-27)29-20-35-36-31(29)25-16-18-37(19-17-25)21-28-22-38(23-30(28)24-10-4-1-5-11-24)32(34(40)41)26-12-6-2-7-13-26/h1,3-5,8-11,14-15,20,25-26,28,30,32H,2,6-7,12-13,16-19,21-23H2,(H,35,36)(H,40,41)/t28-,30+,32+/m0/s1. The number of ketones is 1. The normalized spacial score (nSPS) is 23.9. The van der Waals surface area contributed by atoms with Crippen molar-refractivity contribution in [3.8, 4) is 0 Å². The lowest BCUT2D eigenvalue weighted by molar-refractivity contribution is -0.145. The Hall–Kier alpha value is -3.29. The fourth-order valence-electron chi connectivity index (χ4n) is 7.77. The fraction of sp³-hybridized carbons (Fsp3) is 0.500. The second-order valence-corrected chi connectivity index (χ2v) is 12.4. The number of hydrogen-bond acceptors (Lipinski definition) is 5. The summed E-state index contributed by atoms with van der Waals surface area (Å²) in [6, 6.07) is 19.8. The van der Waals surface area contributed by atoms with Crippen molar-refractivity contribution in [3.05, 3.63) is 89.2 Å². The molecule has 2 aliphatic heterocycles. The summed E-state index contributed by atoms with van der Waals surface area (Å²) in [6.07, 6.45) is 9.23. The molecule has 3 fully saturated rings. The van der Waals surface area contributed by atoms with Gasteiger partial charge in [0.15, 0.2) is 5.78 Å². The summed E-state index contributed by atoms with van der Waals surface area (Å²) in [5.41, 5.74) is 3.67. The first kappa shape index (κ1) is 27.9. The second-order valence-electron chi connectivity index (χ2n) is 12.4. The molecule has 3 aromatic rings. The van der Waals surface area contributed by atoms with Gasteiger partial charge < -0.3 is 10.0 Å². The van der Waals surface area contributed by atoms with Gasteiger partial charge in [-0.05, 0) is 56.2 Å². The predicted molar refractivity (Wildman–Crippen MR) is 159 cm³/mol. The molecular weight excluding hydrogens is 512 g/mol. The molecule has 2 N–H and O–H groups in total. The number of nitrogens with zero attached hydrogens (tertiary/aromatic N) is 3. The Balaban J connectivity index is 1.13. The highest BCUT2D eigenvalue weighted by atomic mass is 16.4. The molecular formula is C34H42N4O3. The molecule has 216 valence electrons. The highest BCUT2D eigenvalue weighted by molar-refractivity contribution is 6.09. The molecule has 2 aromatic carbocycles. The van der Waals surface area contributed by atoms with Gasteiger partial charge in [-0.25, -0.2) is 0 Å². The molecule has 1 aliphatic carbocycles. The van der Waals surface area contributed by atoms with E-state index in [2.05, 4.69) is 50.3 Å². The number of hydrogen-bond donors (Lipinski definition) is 2. The van der Waals surface area contributed by atoms with Crippen molar-refractivity contribution in [1.29, 1.82) is 0 Å². The Morgan fingerprint density at radius 2 is 1.59 bits per heavy atom. The number of carbonyl (C=O) groups excluding carboxylic acids is 1. The number of benzene rings is 2. The number of carboxylic acids is 1. The van der Waals surface area contributed by atoms with Crippen LogP contribution >= 0.6 is 0 Å². The Kier molecular flexibility index (Phi) is 8.63. The van der Waals surface area contributed by atoms with Gasteiger partial charge in [0.25, 0.3) is 0 Å². The maximum Gasteiger partial charge on any atom is 0.321 e. The average Bonchev–Trinajstić information content (AvgIpc) is 3.66. The summed E-state index contributed by atoms with van der Waals surface area (Å²) in [4.78, 5) is 30.6. The maximum absolute atomic E-state index is 13.2. The van der Waals surface area contributed by atoms with Crippen molar-refractivity contribution in [1.82, 2.24) is 20.0 Å². The van der Waals surface area contributed by atoms with E-state index in [4.69, 9.17) is 0 Å². The molecule has 3 aliphatic rings. The minimum atomic E-state index is -0.648. The number of H-pyrrole nitrogens is 1. The van der Waals surface area contributed by atoms with E-state index in [-0.39, 0.29) is 23.7 Å². The SMILES string of the molecule is O=C(c1ccccc1)c1cn[nH]c1C1CCN(C[C@H]2CN([C@@H](C(=O)O)C3CCCCC3)C[C@@H]2c2ccccc2)CC1. The van der Waals surface area contributed by atoms with Crippen LogP contribution in [0.5, 0.6) is 0 Å². The number of likely N-dealkylation sites (tertiary alicyclic amines) is 2. The number of aliphatic carboxylic acids is 1. The third-order valence-corrected chi connectivity index (χ3v) is 9.88. The summed E-state index contributed by atoms with van der Waals surface area (Å²) < 4.78 is 0. The van der Waals surface area contributed by atoms with Crippen LogP contribution in [0.4, 0.5) is 0 Å². The first-order valence-corrected chi connectivity index (χ1v) is 15.5. The van der Waals surface area contributed by atoms with Crippen molar-refractivity contribution in [3.63, 3.8) is 0 Å². The number of aromatic nitrogens is 2. The number of carboxylic acid groups (broad SMARTS) is 1. The number of piperidine rings is 1. The van der Waals surface area contributed by atoms with Crippen LogP contribution in [0, 0.1) is 11.8 Å². The lowest BCUT2D eigenvalue weighted by Gasteiger charge is -2.35. The molecule has 41 heavy (non-hydrogen) atoms. The fourth-order valence-corrected chi connectivity index (χ4v) is 7.77. The molecule has 7 nitrogen and oxygen atoms in total. The third-order valence-electron chi connectivity index (χ3n) is 9.88. The van der Waals surface area contributed by atoms with Crippen molar-refractivity contribution in [2.75, 3.05) is 32.7 Å². The summed E-state index contributed by atoms with van der Waals surface area (Å²) in [5.74, 6) is 0.646. The Morgan fingerprint density at radius 1 is 0.902 bits per heavy atom. The van der Waals surface area contributed by atoms with Crippen LogP contribution in [0.25, 0.3) is 0 Å². The number of nitrogens with one attached hydrogen (secondary N) is 1. The summed E-state index contributed by atoms with van der Waals surface area (Å²) in [5, 5.41) is 17.7. The monoisotopic (exact) mass is 554 g/mol. The number of rotatable bonds is 9. The van der Waals surface area contributed by atoms with Crippen LogP contribution in [-0.4, -0.2) is 75.6 Å². The third kappa shape index (κ3) is 6.16. The van der Waals surface area contributed by atoms with Gasteiger partial charge >= 0.3 is 5.97 Å². The zero-order valence-corrected chi connectivity index (χ0v) is 23.8. The van der Waals surface area contributed by atoms with Crippen molar-refractivity contribution in [2.24, 2.45) is 11.8 Å². The van der Waals surface area contributed by atoms with Gasteiger partial charge in [0.1, 0.15) is 6.04 Å². The molecule has 1 aromatic heterocycles. The van der Waals surface area contributed by atoms with Gasteiger partial charge in [-0.2, -0.15) is 5.10 Å². The molecule has 0 unspecified atom stereocenters. The quantitative estimate of drug-likeness (QED) is 0.336. The molecule has 6 rings (SSSR count). The topological polar surface area (TPSA) is 89.5 Å². The lowest BCUT2D eigenvalue weighted by Crippen LogP contribution is -2.46. The minimum absolute atomic E-state index is 0.0273. The maximum atomic E-state index is 13.2. The Bertz CT molecular complexity index is 1300. The average molecular weight is 555 g/mol. The number of aromatic amines is 1. The molecule has 3 heterocycles. The van der Waals surface area contributed by atoms with Crippen LogP contribution in [0.2, 0.25) is 0 Å². The second kappa shape index (κ2) is 12.7. The summed E-state index contributed by atoms with van der Waals surface area (Å²) >= 11 is 0. The smallest absolute Gasteiger partial charge is 0.321 e. The summed E-state index contributed by atoms with van der Waals surface area (Å²) in [6.45, 7) is 4.55. The van der Waals surface area contributed by atoms with E-state index in [9.17, 15) is 14.7 Å². The highest BCUT2D eigenvalue weighted by Crippen LogP contribution is 2.39. The van der Waals surface area contributed by atoms with Gasteiger partial charge in [0, 0.05) is 42.7 Å². The van der Waals surface area contributed by atoms with E-state index in [1.165, 1.54) is 12.0 Å². The lowest BCUT2D eigenvalue weighted by atomic mass is 9.83. The van der Waals surface area contributed by atoms with Gasteiger partial charge in [0.05, 0.1) is 11.8 Å². The highest BCUT2D eigenvalue weighted by Gasteiger charge is 2.43. The van der Waals surface area contributed by atoms with Gasteiger partial charge in [0.2, 0.25) is 0 Å². The van der Waals surface area contributed by atoms with E-state index in [0.717, 1.165) is 76.9 Å². The summed E-state index contributed by atoms with van der Waals surface area (Å²) in [7, 11) is 0.